The molecule has 0 aliphatic carbocycles. The molecule has 1 N–H and O–H groups in total. The highest BCUT2D eigenvalue weighted by Crippen LogP contribution is 2.31. The number of hydrazine groups is 1. The standard InChI is InChI=1S/C27H29N9O3/c1-27(2,3)39-25(37)31-34-11-9-19(16-34)36-24-20-13-17(5-7-21(20)28-15-22(24)33(4)26(36)38)18-6-8-23(29-14-18)35-12-10-30-32-35/h5-8,10,12-15,19H,9,11,16H2,1-4H3,(H,31,37)/t19-/m0/s1. The number of hydrogen-bond acceptors (Lipinski definition) is 8. The molecule has 200 valence electrons. The summed E-state index contributed by atoms with van der Waals surface area (Å²) >= 11 is 0. The number of nitrogens with one attached hydrogen (secondary N) is 1. The maximum atomic E-state index is 13.5. The van der Waals surface area contributed by atoms with Crippen LogP contribution >= 0.6 is 0 Å². The molecule has 5 heterocycles. The monoisotopic (exact) mass is 527 g/mol. The van der Waals surface area contributed by atoms with Gasteiger partial charge in [-0.05, 0) is 57.0 Å². The Hall–Kier alpha value is -4.58. The van der Waals surface area contributed by atoms with Crippen LogP contribution in [0.25, 0.3) is 38.9 Å². The number of aryl methyl sites for hydroxylation is 1. The van der Waals surface area contributed by atoms with Gasteiger partial charge in [-0.25, -0.2) is 24.3 Å². The first-order valence-corrected chi connectivity index (χ1v) is 12.8. The van der Waals surface area contributed by atoms with E-state index < -0.39 is 11.7 Å². The van der Waals surface area contributed by atoms with Gasteiger partial charge in [0.15, 0.2) is 5.82 Å². The van der Waals surface area contributed by atoms with Gasteiger partial charge in [0.2, 0.25) is 0 Å². The Kier molecular flexibility index (Phi) is 5.91. The van der Waals surface area contributed by atoms with E-state index in [9.17, 15) is 9.59 Å². The van der Waals surface area contributed by atoms with Gasteiger partial charge in [0.25, 0.3) is 0 Å². The lowest BCUT2D eigenvalue weighted by molar-refractivity contribution is 0.0361. The van der Waals surface area contributed by atoms with E-state index >= 15 is 0 Å². The first-order chi connectivity index (χ1) is 18.7. The topological polar surface area (TPSA) is 125 Å². The third kappa shape index (κ3) is 4.63. The molecule has 1 amide bonds. The predicted octanol–water partition coefficient (Wildman–Crippen LogP) is 3.22. The highest BCUT2D eigenvalue weighted by molar-refractivity contribution is 6.04. The van der Waals surface area contributed by atoms with Gasteiger partial charge in [0, 0.05) is 37.3 Å². The second-order valence-corrected chi connectivity index (χ2v) is 10.7. The summed E-state index contributed by atoms with van der Waals surface area (Å²) in [7, 11) is 1.76. The molecule has 39 heavy (non-hydrogen) atoms. The summed E-state index contributed by atoms with van der Waals surface area (Å²) < 4.78 is 10.5. The van der Waals surface area contributed by atoms with Gasteiger partial charge in [0.05, 0.1) is 41.2 Å². The molecule has 1 aliphatic heterocycles. The fraction of sp³-hybridized carbons (Fsp3) is 0.333. The zero-order valence-electron chi connectivity index (χ0n) is 22.2. The zero-order chi connectivity index (χ0) is 27.3. The van der Waals surface area contributed by atoms with E-state index in [0.29, 0.717) is 25.3 Å². The van der Waals surface area contributed by atoms with Crippen molar-refractivity contribution in [2.75, 3.05) is 13.1 Å². The molecule has 12 nitrogen and oxygen atoms in total. The minimum absolute atomic E-state index is 0.118. The molecule has 0 unspecified atom stereocenters. The summed E-state index contributed by atoms with van der Waals surface area (Å²) in [5, 5.41) is 10.5. The first kappa shape index (κ1) is 24.7. The number of ether oxygens (including phenoxy) is 1. The molecule has 6 rings (SSSR count). The van der Waals surface area contributed by atoms with Crippen LogP contribution in [0.15, 0.2) is 59.9 Å². The second-order valence-electron chi connectivity index (χ2n) is 10.7. The molecule has 0 saturated carbocycles. The number of hydrogen-bond donors (Lipinski definition) is 1. The Morgan fingerprint density at radius 3 is 2.64 bits per heavy atom. The molecule has 0 radical (unpaired) electrons. The van der Waals surface area contributed by atoms with Gasteiger partial charge in [-0.15, -0.1) is 5.10 Å². The summed E-state index contributed by atoms with van der Waals surface area (Å²) in [6.45, 7) is 6.55. The molecular weight excluding hydrogens is 498 g/mol. The lowest BCUT2D eigenvalue weighted by Gasteiger charge is -2.23. The van der Waals surface area contributed by atoms with Gasteiger partial charge < -0.3 is 4.74 Å². The molecular formula is C27H29N9O3. The molecule has 1 saturated heterocycles. The van der Waals surface area contributed by atoms with Crippen LogP contribution in [0.5, 0.6) is 0 Å². The third-order valence-electron chi connectivity index (χ3n) is 6.83. The lowest BCUT2D eigenvalue weighted by Crippen LogP contribution is -2.43. The Balaban J connectivity index is 1.37. The molecule has 1 aliphatic rings. The number of imidazole rings is 1. The molecule has 12 heteroatoms. The Morgan fingerprint density at radius 1 is 1.10 bits per heavy atom. The second kappa shape index (κ2) is 9.31. The molecule has 1 aromatic carbocycles. The highest BCUT2D eigenvalue weighted by Gasteiger charge is 2.30. The number of nitrogens with zero attached hydrogens (tertiary/aromatic N) is 8. The molecule has 0 spiro atoms. The summed E-state index contributed by atoms with van der Waals surface area (Å²) in [5.74, 6) is 0.670. The van der Waals surface area contributed by atoms with Crippen molar-refractivity contribution in [1.29, 1.82) is 0 Å². The number of aromatic nitrogens is 7. The first-order valence-electron chi connectivity index (χ1n) is 12.8. The van der Waals surface area contributed by atoms with E-state index in [1.807, 2.05) is 49.6 Å². The number of benzene rings is 1. The number of carbonyl (C=O) groups is 1. The van der Waals surface area contributed by atoms with Crippen molar-refractivity contribution in [2.24, 2.45) is 7.05 Å². The van der Waals surface area contributed by atoms with Crippen LogP contribution in [-0.2, 0) is 11.8 Å². The molecule has 5 aromatic rings. The molecule has 1 atom stereocenters. The zero-order valence-corrected chi connectivity index (χ0v) is 22.2. The van der Waals surface area contributed by atoms with E-state index in [2.05, 4.69) is 31.8 Å². The van der Waals surface area contributed by atoms with E-state index in [1.54, 1.807) is 46.1 Å². The number of rotatable bonds is 4. The maximum absolute atomic E-state index is 13.5. The number of carbonyl (C=O) groups excluding carboxylic acids is 1. The average Bonchev–Trinajstić information content (AvgIpc) is 3.64. The van der Waals surface area contributed by atoms with Crippen molar-refractivity contribution in [2.45, 2.75) is 38.8 Å². The van der Waals surface area contributed by atoms with Crippen LogP contribution in [0.2, 0.25) is 0 Å². The minimum Gasteiger partial charge on any atom is -0.443 e. The summed E-state index contributed by atoms with van der Waals surface area (Å²) in [6.07, 6.45) is 7.08. The van der Waals surface area contributed by atoms with Gasteiger partial charge >= 0.3 is 11.8 Å². The van der Waals surface area contributed by atoms with E-state index in [4.69, 9.17) is 4.74 Å². The van der Waals surface area contributed by atoms with Gasteiger partial charge in [0.1, 0.15) is 5.60 Å². The van der Waals surface area contributed by atoms with Crippen molar-refractivity contribution in [3.8, 4) is 16.9 Å². The Morgan fingerprint density at radius 2 is 1.92 bits per heavy atom. The lowest BCUT2D eigenvalue weighted by atomic mass is 10.0. The van der Waals surface area contributed by atoms with Crippen molar-refractivity contribution in [1.82, 2.24) is 44.5 Å². The number of pyridine rings is 2. The van der Waals surface area contributed by atoms with E-state index in [-0.39, 0.29) is 11.7 Å². The highest BCUT2D eigenvalue weighted by atomic mass is 16.6. The van der Waals surface area contributed by atoms with Crippen LogP contribution in [0.3, 0.4) is 0 Å². The molecule has 4 aromatic heterocycles. The van der Waals surface area contributed by atoms with Crippen LogP contribution in [-0.4, -0.2) is 63.9 Å². The average molecular weight is 528 g/mol. The van der Waals surface area contributed by atoms with Gasteiger partial charge in [-0.1, -0.05) is 11.3 Å². The number of amides is 1. The molecule has 0 bridgehead atoms. The number of fused-ring (bicyclic) bond motifs is 3. The van der Waals surface area contributed by atoms with Crippen LogP contribution in [0.1, 0.15) is 33.2 Å². The predicted molar refractivity (Wildman–Crippen MR) is 145 cm³/mol. The fourth-order valence-corrected chi connectivity index (χ4v) is 5.05. The normalized spacial score (nSPS) is 16.3. The minimum atomic E-state index is -0.592. The van der Waals surface area contributed by atoms with Gasteiger partial charge in [-0.2, -0.15) is 0 Å². The summed E-state index contributed by atoms with van der Waals surface area (Å²) in [5.41, 5.74) is 6.35. The molecule has 1 fully saturated rings. The van der Waals surface area contributed by atoms with E-state index in [0.717, 1.165) is 33.1 Å². The summed E-state index contributed by atoms with van der Waals surface area (Å²) in [6, 6.07) is 9.75. The van der Waals surface area contributed by atoms with Crippen LogP contribution in [0.4, 0.5) is 4.79 Å². The largest absolute Gasteiger partial charge is 0.443 e. The Labute approximate surface area is 223 Å². The Bertz CT molecular complexity index is 1730. The van der Waals surface area contributed by atoms with Crippen molar-refractivity contribution in [3.63, 3.8) is 0 Å². The quantitative estimate of drug-likeness (QED) is 0.378. The maximum Gasteiger partial charge on any atom is 0.422 e. The smallest absolute Gasteiger partial charge is 0.422 e. The van der Waals surface area contributed by atoms with Crippen molar-refractivity contribution < 1.29 is 9.53 Å². The van der Waals surface area contributed by atoms with E-state index in [1.165, 1.54) is 0 Å². The SMILES string of the molecule is Cn1c(=O)n([C@H]2CCN(NC(=O)OC(C)(C)C)C2)c2c3cc(-c4ccc(-n5ccnn5)nc4)ccc3ncc21. The van der Waals surface area contributed by atoms with Crippen molar-refractivity contribution >= 4 is 28.0 Å². The van der Waals surface area contributed by atoms with Crippen LogP contribution < -0.4 is 11.1 Å². The van der Waals surface area contributed by atoms with Gasteiger partial charge in [-0.3, -0.25) is 19.5 Å². The van der Waals surface area contributed by atoms with Crippen molar-refractivity contribution in [3.05, 3.63) is 65.6 Å². The third-order valence-corrected chi connectivity index (χ3v) is 6.83. The fourth-order valence-electron chi connectivity index (χ4n) is 5.05. The van der Waals surface area contributed by atoms with Crippen LogP contribution in [0, 0.1) is 0 Å². The summed E-state index contributed by atoms with van der Waals surface area (Å²) in [4.78, 5) is 35.0.